The molecule has 0 aliphatic heterocycles. The number of aromatic carboxylic acids is 1. The van der Waals surface area contributed by atoms with E-state index < -0.39 is 5.97 Å². The Morgan fingerprint density at radius 1 is 1.53 bits per heavy atom. The van der Waals surface area contributed by atoms with Gasteiger partial charge in [-0.3, -0.25) is 0 Å². The van der Waals surface area contributed by atoms with E-state index >= 15 is 0 Å². The number of carboxylic acid groups (broad SMARTS) is 1. The van der Waals surface area contributed by atoms with Crippen LogP contribution in [0.1, 0.15) is 21.7 Å². The van der Waals surface area contributed by atoms with Crippen LogP contribution in [0.4, 0.5) is 5.69 Å². The summed E-state index contributed by atoms with van der Waals surface area (Å²) < 4.78 is 4.60. The normalized spacial score (nSPS) is 10.2. The maximum absolute atomic E-state index is 10.8. The van der Waals surface area contributed by atoms with Crippen molar-refractivity contribution in [2.24, 2.45) is 0 Å². The summed E-state index contributed by atoms with van der Waals surface area (Å²) in [6.45, 7) is 2.27. The molecule has 6 heteroatoms. The van der Waals surface area contributed by atoms with Crippen molar-refractivity contribution in [2.45, 2.75) is 13.5 Å². The summed E-state index contributed by atoms with van der Waals surface area (Å²) in [5.41, 5.74) is 1.97. The van der Waals surface area contributed by atoms with Crippen LogP contribution in [0.25, 0.3) is 0 Å². The van der Waals surface area contributed by atoms with Crippen molar-refractivity contribution in [2.75, 3.05) is 5.32 Å². The molecule has 88 valence electrons. The number of anilines is 1. The molecule has 0 bridgehead atoms. The van der Waals surface area contributed by atoms with Gasteiger partial charge in [-0.05, 0) is 30.7 Å². The molecule has 0 spiro atoms. The van der Waals surface area contributed by atoms with Crippen LogP contribution in [-0.4, -0.2) is 21.2 Å². The second-order valence-corrected chi connectivity index (χ2v) is 3.54. The Labute approximate surface area is 97.3 Å². The third-order valence-corrected chi connectivity index (χ3v) is 2.32. The fraction of sp³-hybridized carbons (Fsp3) is 0.182. The predicted octanol–water partition coefficient (Wildman–Crippen LogP) is 1.69. The first-order valence-electron chi connectivity index (χ1n) is 5.00. The van der Waals surface area contributed by atoms with Gasteiger partial charge >= 0.3 is 5.97 Å². The molecule has 0 saturated carbocycles. The minimum atomic E-state index is -0.933. The van der Waals surface area contributed by atoms with Crippen LogP contribution >= 0.6 is 0 Å². The van der Waals surface area contributed by atoms with Gasteiger partial charge in [0.15, 0.2) is 5.82 Å². The smallest absolute Gasteiger partial charge is 0.335 e. The lowest BCUT2D eigenvalue weighted by Gasteiger charge is -2.08. The summed E-state index contributed by atoms with van der Waals surface area (Å²) in [5, 5.41) is 15.6. The molecule has 0 unspecified atom stereocenters. The van der Waals surface area contributed by atoms with E-state index in [1.165, 1.54) is 6.39 Å². The van der Waals surface area contributed by atoms with Gasteiger partial charge in [-0.2, -0.15) is 4.98 Å². The van der Waals surface area contributed by atoms with Gasteiger partial charge in [0.25, 0.3) is 0 Å². The molecule has 17 heavy (non-hydrogen) atoms. The highest BCUT2D eigenvalue weighted by Crippen LogP contribution is 2.17. The SMILES string of the molecule is Cc1cc(C(=O)O)ccc1NCc1ncon1. The van der Waals surface area contributed by atoms with Crippen molar-refractivity contribution in [1.29, 1.82) is 0 Å². The van der Waals surface area contributed by atoms with E-state index in [0.29, 0.717) is 12.4 Å². The van der Waals surface area contributed by atoms with Gasteiger partial charge < -0.3 is 14.9 Å². The second-order valence-electron chi connectivity index (χ2n) is 3.54. The highest BCUT2D eigenvalue weighted by Gasteiger charge is 2.06. The van der Waals surface area contributed by atoms with Gasteiger partial charge in [0.05, 0.1) is 12.1 Å². The fourth-order valence-corrected chi connectivity index (χ4v) is 1.44. The van der Waals surface area contributed by atoms with Crippen LogP contribution in [0.3, 0.4) is 0 Å². The lowest BCUT2D eigenvalue weighted by atomic mass is 10.1. The summed E-state index contributed by atoms with van der Waals surface area (Å²) in [7, 11) is 0. The topological polar surface area (TPSA) is 88.2 Å². The van der Waals surface area contributed by atoms with Crippen molar-refractivity contribution in [1.82, 2.24) is 10.1 Å². The molecule has 0 fully saturated rings. The summed E-state index contributed by atoms with van der Waals surface area (Å²) in [6, 6.07) is 4.88. The van der Waals surface area contributed by atoms with Crippen molar-refractivity contribution in [3.8, 4) is 0 Å². The van der Waals surface area contributed by atoms with Crippen LogP contribution < -0.4 is 5.32 Å². The Morgan fingerprint density at radius 3 is 2.94 bits per heavy atom. The molecule has 0 aliphatic carbocycles. The van der Waals surface area contributed by atoms with Gasteiger partial charge in [0.1, 0.15) is 0 Å². The minimum absolute atomic E-state index is 0.271. The number of aromatic nitrogens is 2. The summed E-state index contributed by atoms with van der Waals surface area (Å²) >= 11 is 0. The number of hydrogen-bond donors (Lipinski definition) is 2. The minimum Gasteiger partial charge on any atom is -0.478 e. The molecule has 0 radical (unpaired) electrons. The fourth-order valence-electron chi connectivity index (χ4n) is 1.44. The van der Waals surface area contributed by atoms with E-state index in [1.54, 1.807) is 18.2 Å². The third kappa shape index (κ3) is 2.60. The van der Waals surface area contributed by atoms with E-state index in [1.807, 2.05) is 6.92 Å². The zero-order valence-corrected chi connectivity index (χ0v) is 9.17. The zero-order valence-electron chi connectivity index (χ0n) is 9.17. The number of hydrogen-bond acceptors (Lipinski definition) is 5. The Bertz CT molecular complexity index is 523. The van der Waals surface area contributed by atoms with E-state index in [2.05, 4.69) is 20.0 Å². The number of rotatable bonds is 4. The molecule has 6 nitrogen and oxygen atoms in total. The highest BCUT2D eigenvalue weighted by molar-refractivity contribution is 5.88. The largest absolute Gasteiger partial charge is 0.478 e. The van der Waals surface area contributed by atoms with Gasteiger partial charge in [-0.1, -0.05) is 5.16 Å². The maximum atomic E-state index is 10.8. The molecule has 2 aromatic rings. The number of carboxylic acids is 1. The monoisotopic (exact) mass is 233 g/mol. The summed E-state index contributed by atoms with van der Waals surface area (Å²) in [4.78, 5) is 14.6. The zero-order chi connectivity index (χ0) is 12.3. The molecule has 1 aromatic carbocycles. The number of nitrogens with zero attached hydrogens (tertiary/aromatic N) is 2. The van der Waals surface area contributed by atoms with Crippen LogP contribution in [-0.2, 0) is 6.54 Å². The third-order valence-electron chi connectivity index (χ3n) is 2.32. The van der Waals surface area contributed by atoms with Crippen LogP contribution in [0, 0.1) is 6.92 Å². The molecular formula is C11H11N3O3. The van der Waals surface area contributed by atoms with E-state index in [0.717, 1.165) is 11.3 Å². The standard InChI is InChI=1S/C11H11N3O3/c1-7-4-8(11(15)16)2-3-9(7)12-5-10-13-6-17-14-10/h2-4,6,12H,5H2,1H3,(H,15,16). The molecular weight excluding hydrogens is 222 g/mol. The molecule has 0 amide bonds. The summed E-state index contributed by atoms with van der Waals surface area (Å²) in [6.07, 6.45) is 1.26. The van der Waals surface area contributed by atoms with Crippen molar-refractivity contribution < 1.29 is 14.4 Å². The summed E-state index contributed by atoms with van der Waals surface area (Å²) in [5.74, 6) is -0.385. The van der Waals surface area contributed by atoms with Crippen molar-refractivity contribution >= 4 is 11.7 Å². The van der Waals surface area contributed by atoms with E-state index in [4.69, 9.17) is 5.11 Å². The van der Waals surface area contributed by atoms with E-state index in [9.17, 15) is 4.79 Å². The first-order chi connectivity index (χ1) is 8.16. The molecule has 2 N–H and O–H groups in total. The Morgan fingerprint density at radius 2 is 2.35 bits per heavy atom. The molecule has 1 aromatic heterocycles. The predicted molar refractivity (Wildman–Crippen MR) is 59.8 cm³/mol. The maximum Gasteiger partial charge on any atom is 0.335 e. The lowest BCUT2D eigenvalue weighted by molar-refractivity contribution is 0.0697. The quantitative estimate of drug-likeness (QED) is 0.835. The molecule has 0 saturated heterocycles. The number of carbonyl (C=O) groups is 1. The van der Waals surface area contributed by atoms with Crippen molar-refractivity contribution in [3.05, 3.63) is 41.5 Å². The first-order valence-corrected chi connectivity index (χ1v) is 5.00. The van der Waals surface area contributed by atoms with Crippen LogP contribution in [0.5, 0.6) is 0 Å². The Hall–Kier alpha value is -2.37. The van der Waals surface area contributed by atoms with Crippen molar-refractivity contribution in [3.63, 3.8) is 0 Å². The number of benzene rings is 1. The molecule has 2 rings (SSSR count). The van der Waals surface area contributed by atoms with Crippen LogP contribution in [0.2, 0.25) is 0 Å². The van der Waals surface area contributed by atoms with Gasteiger partial charge in [0, 0.05) is 5.69 Å². The molecule has 0 atom stereocenters. The average molecular weight is 233 g/mol. The Balaban J connectivity index is 2.09. The van der Waals surface area contributed by atoms with E-state index in [-0.39, 0.29) is 5.56 Å². The number of aryl methyl sites for hydroxylation is 1. The Kier molecular flexibility index (Phi) is 3.04. The van der Waals surface area contributed by atoms with Gasteiger partial charge in [0.2, 0.25) is 6.39 Å². The van der Waals surface area contributed by atoms with Crippen LogP contribution in [0.15, 0.2) is 29.1 Å². The average Bonchev–Trinajstić information content (AvgIpc) is 2.80. The molecule has 0 aliphatic rings. The second kappa shape index (κ2) is 4.65. The van der Waals surface area contributed by atoms with Gasteiger partial charge in [-0.15, -0.1) is 0 Å². The lowest BCUT2D eigenvalue weighted by Crippen LogP contribution is -2.04. The molecule has 1 heterocycles. The number of nitrogens with one attached hydrogen (secondary N) is 1. The first kappa shape index (κ1) is 11.1. The van der Waals surface area contributed by atoms with Gasteiger partial charge in [-0.25, -0.2) is 4.79 Å². The highest BCUT2D eigenvalue weighted by atomic mass is 16.5.